The first-order chi connectivity index (χ1) is 7.25. The van der Waals surface area contributed by atoms with E-state index in [9.17, 15) is 4.79 Å². The Labute approximate surface area is 87.2 Å². The number of carbonyl (C=O) groups is 1. The summed E-state index contributed by atoms with van der Waals surface area (Å²) in [5, 5.41) is 16.7. The van der Waals surface area contributed by atoms with Crippen LogP contribution >= 0.6 is 0 Å². The molecular formula is C8H14N6O. The van der Waals surface area contributed by atoms with Crippen molar-refractivity contribution in [3.63, 3.8) is 0 Å². The first-order valence-electron chi connectivity index (χ1n) is 4.96. The molecule has 15 heavy (non-hydrogen) atoms. The lowest BCUT2D eigenvalue weighted by atomic mass is 10.1. The van der Waals surface area contributed by atoms with Crippen molar-refractivity contribution in [2.45, 2.75) is 19.5 Å². The van der Waals surface area contributed by atoms with Crippen LogP contribution in [0, 0.1) is 5.92 Å². The van der Waals surface area contributed by atoms with E-state index in [1.165, 1.54) is 11.0 Å². The van der Waals surface area contributed by atoms with Crippen LogP contribution in [-0.2, 0) is 11.3 Å². The second-order valence-corrected chi connectivity index (χ2v) is 3.82. The van der Waals surface area contributed by atoms with Gasteiger partial charge in [-0.2, -0.15) is 0 Å². The second kappa shape index (κ2) is 4.35. The van der Waals surface area contributed by atoms with Gasteiger partial charge in [-0.05, 0) is 22.9 Å². The number of tetrazole rings is 1. The molecule has 1 aliphatic rings. The average Bonchev–Trinajstić information content (AvgIpc) is 2.79. The minimum atomic E-state index is -0.0529. The summed E-state index contributed by atoms with van der Waals surface area (Å²) in [6, 6.07) is 0.217. The van der Waals surface area contributed by atoms with Crippen molar-refractivity contribution in [2.75, 3.05) is 13.1 Å². The van der Waals surface area contributed by atoms with Crippen molar-refractivity contribution in [1.29, 1.82) is 0 Å². The smallest absolute Gasteiger partial charge is 0.242 e. The lowest BCUT2D eigenvalue weighted by Crippen LogP contribution is -2.41. The molecule has 1 aliphatic heterocycles. The van der Waals surface area contributed by atoms with Crippen molar-refractivity contribution in [2.24, 2.45) is 5.92 Å². The first-order valence-corrected chi connectivity index (χ1v) is 4.96. The van der Waals surface area contributed by atoms with E-state index >= 15 is 0 Å². The number of rotatable bonds is 3. The molecule has 2 N–H and O–H groups in total. The van der Waals surface area contributed by atoms with E-state index in [2.05, 4.69) is 33.1 Å². The number of amides is 1. The van der Waals surface area contributed by atoms with Gasteiger partial charge in [-0.3, -0.25) is 4.79 Å². The van der Waals surface area contributed by atoms with Gasteiger partial charge in [-0.25, -0.2) is 4.68 Å². The highest BCUT2D eigenvalue weighted by Crippen LogP contribution is 2.06. The van der Waals surface area contributed by atoms with Crippen LogP contribution in [0.5, 0.6) is 0 Å². The van der Waals surface area contributed by atoms with Crippen LogP contribution in [-0.4, -0.2) is 45.2 Å². The van der Waals surface area contributed by atoms with Crippen LogP contribution in [0.4, 0.5) is 0 Å². The van der Waals surface area contributed by atoms with Gasteiger partial charge in [-0.15, -0.1) is 5.10 Å². The second-order valence-electron chi connectivity index (χ2n) is 3.82. The van der Waals surface area contributed by atoms with E-state index in [0.29, 0.717) is 5.92 Å². The number of carbonyl (C=O) groups excluding carboxylic acids is 1. The van der Waals surface area contributed by atoms with Crippen LogP contribution in [0.15, 0.2) is 6.33 Å². The Bertz CT molecular complexity index is 324. The van der Waals surface area contributed by atoms with Crippen molar-refractivity contribution < 1.29 is 4.79 Å². The molecule has 1 aromatic heterocycles. The summed E-state index contributed by atoms with van der Waals surface area (Å²) in [6.45, 7) is 4.08. The number of nitrogens with zero attached hydrogens (tertiary/aromatic N) is 4. The van der Waals surface area contributed by atoms with E-state index in [-0.39, 0.29) is 18.5 Å². The fraction of sp³-hybridized carbons (Fsp3) is 0.750. The normalized spacial score (nSPS) is 25.4. The van der Waals surface area contributed by atoms with Crippen molar-refractivity contribution in [3.05, 3.63) is 6.33 Å². The first kappa shape index (κ1) is 10.0. The largest absolute Gasteiger partial charge is 0.350 e. The standard InChI is InChI=1S/C8H14N6O/c1-6-2-9-3-7(6)11-8(15)4-14-5-10-12-13-14/h5-7,9H,2-4H2,1H3,(H,11,15). The molecule has 2 heterocycles. The Balaban J connectivity index is 1.82. The molecule has 2 unspecified atom stereocenters. The van der Waals surface area contributed by atoms with Gasteiger partial charge in [0.15, 0.2) is 0 Å². The molecule has 0 aliphatic carbocycles. The predicted octanol–water partition coefficient (Wildman–Crippen LogP) is -1.60. The number of nitrogens with one attached hydrogen (secondary N) is 2. The Morgan fingerprint density at radius 1 is 1.67 bits per heavy atom. The summed E-state index contributed by atoms with van der Waals surface area (Å²) in [5.74, 6) is 0.422. The highest BCUT2D eigenvalue weighted by atomic mass is 16.2. The molecule has 1 saturated heterocycles. The van der Waals surface area contributed by atoms with Crippen molar-refractivity contribution >= 4 is 5.91 Å². The maximum absolute atomic E-state index is 11.6. The minimum absolute atomic E-state index is 0.0529. The van der Waals surface area contributed by atoms with Gasteiger partial charge in [0, 0.05) is 12.6 Å². The summed E-state index contributed by atoms with van der Waals surface area (Å²) < 4.78 is 1.41. The summed E-state index contributed by atoms with van der Waals surface area (Å²) in [7, 11) is 0. The Hall–Kier alpha value is -1.50. The molecule has 0 radical (unpaired) electrons. The molecule has 2 atom stereocenters. The molecule has 1 aromatic rings. The van der Waals surface area contributed by atoms with E-state index in [0.717, 1.165) is 13.1 Å². The number of aromatic nitrogens is 4. The minimum Gasteiger partial charge on any atom is -0.350 e. The van der Waals surface area contributed by atoms with Crippen LogP contribution < -0.4 is 10.6 Å². The van der Waals surface area contributed by atoms with Crippen molar-refractivity contribution in [3.8, 4) is 0 Å². The quantitative estimate of drug-likeness (QED) is 0.627. The Kier molecular flexibility index (Phi) is 2.91. The van der Waals surface area contributed by atoms with E-state index < -0.39 is 0 Å². The zero-order chi connectivity index (χ0) is 10.7. The zero-order valence-corrected chi connectivity index (χ0v) is 8.55. The Morgan fingerprint density at radius 3 is 3.13 bits per heavy atom. The van der Waals surface area contributed by atoms with Gasteiger partial charge >= 0.3 is 0 Å². The summed E-state index contributed by atoms with van der Waals surface area (Å²) >= 11 is 0. The molecule has 1 amide bonds. The molecular weight excluding hydrogens is 196 g/mol. The molecule has 0 aromatic carbocycles. The molecule has 0 bridgehead atoms. The predicted molar refractivity (Wildman–Crippen MR) is 51.8 cm³/mol. The highest BCUT2D eigenvalue weighted by Gasteiger charge is 2.24. The van der Waals surface area contributed by atoms with Crippen LogP contribution in [0.2, 0.25) is 0 Å². The third kappa shape index (κ3) is 2.50. The maximum Gasteiger partial charge on any atom is 0.242 e. The van der Waals surface area contributed by atoms with E-state index in [1.54, 1.807) is 0 Å². The topological polar surface area (TPSA) is 84.7 Å². The molecule has 0 saturated carbocycles. The van der Waals surface area contributed by atoms with Crippen molar-refractivity contribution in [1.82, 2.24) is 30.8 Å². The summed E-state index contributed by atoms with van der Waals surface area (Å²) in [4.78, 5) is 11.6. The lowest BCUT2D eigenvalue weighted by Gasteiger charge is -2.15. The van der Waals surface area contributed by atoms with Gasteiger partial charge < -0.3 is 10.6 Å². The molecule has 1 fully saturated rings. The third-order valence-corrected chi connectivity index (χ3v) is 2.56. The molecule has 2 rings (SSSR count). The van der Waals surface area contributed by atoms with Gasteiger partial charge in [0.05, 0.1) is 0 Å². The van der Waals surface area contributed by atoms with Gasteiger partial charge in [0.25, 0.3) is 0 Å². The van der Waals surface area contributed by atoms with Gasteiger partial charge in [0.1, 0.15) is 12.9 Å². The molecule has 7 nitrogen and oxygen atoms in total. The van der Waals surface area contributed by atoms with Gasteiger partial charge in [0.2, 0.25) is 5.91 Å². The monoisotopic (exact) mass is 210 g/mol. The number of hydrogen-bond donors (Lipinski definition) is 2. The van der Waals surface area contributed by atoms with Gasteiger partial charge in [-0.1, -0.05) is 6.92 Å². The lowest BCUT2D eigenvalue weighted by molar-refractivity contribution is -0.122. The summed E-state index contributed by atoms with van der Waals surface area (Å²) in [6.07, 6.45) is 1.43. The third-order valence-electron chi connectivity index (χ3n) is 2.56. The Morgan fingerprint density at radius 2 is 2.53 bits per heavy atom. The fourth-order valence-electron chi connectivity index (χ4n) is 1.66. The molecule has 0 spiro atoms. The van der Waals surface area contributed by atoms with Crippen LogP contribution in [0.3, 0.4) is 0 Å². The highest BCUT2D eigenvalue weighted by molar-refractivity contribution is 5.76. The van der Waals surface area contributed by atoms with Crippen LogP contribution in [0.1, 0.15) is 6.92 Å². The van der Waals surface area contributed by atoms with E-state index in [1.807, 2.05) is 0 Å². The number of hydrogen-bond acceptors (Lipinski definition) is 5. The molecule has 82 valence electrons. The maximum atomic E-state index is 11.6. The zero-order valence-electron chi connectivity index (χ0n) is 8.55. The van der Waals surface area contributed by atoms with Crippen LogP contribution in [0.25, 0.3) is 0 Å². The molecule has 7 heteroatoms. The fourth-order valence-corrected chi connectivity index (χ4v) is 1.66. The average molecular weight is 210 g/mol. The summed E-state index contributed by atoms with van der Waals surface area (Å²) in [5.41, 5.74) is 0. The SMILES string of the molecule is CC1CNCC1NC(=O)Cn1cnnn1. The van der Waals surface area contributed by atoms with E-state index in [4.69, 9.17) is 0 Å².